The highest BCUT2D eigenvalue weighted by atomic mass is 13.9. The minimum atomic E-state index is 1.07. The first kappa shape index (κ1) is 9.53. The van der Waals surface area contributed by atoms with E-state index >= 15 is 0 Å². The molecule has 0 saturated heterocycles. The molecule has 0 heteroatoms. The molecule has 0 bridgehead atoms. The predicted octanol–water partition coefficient (Wildman–Crippen LogP) is 3.83. The Morgan fingerprint density at radius 3 is 2.46 bits per heavy atom. The van der Waals surface area contributed by atoms with Crippen molar-refractivity contribution in [1.82, 2.24) is 0 Å². The van der Waals surface area contributed by atoms with Crippen molar-refractivity contribution in [2.24, 2.45) is 0 Å². The van der Waals surface area contributed by atoms with Gasteiger partial charge in [0.2, 0.25) is 0 Å². The molecule has 0 spiro atoms. The minimum Gasteiger partial charge on any atom is -0.0961 e. The minimum absolute atomic E-state index is 1.07. The predicted molar refractivity (Wildman–Crippen MR) is 59.4 cm³/mol. The summed E-state index contributed by atoms with van der Waals surface area (Å²) in [5.74, 6) is 0. The fourth-order valence-corrected chi connectivity index (χ4v) is 0.951. The molecule has 0 aliphatic heterocycles. The lowest BCUT2D eigenvalue weighted by Gasteiger charge is -1.88. The van der Waals surface area contributed by atoms with E-state index in [-0.39, 0.29) is 0 Å². The van der Waals surface area contributed by atoms with Crippen LogP contribution in [-0.2, 0) is 0 Å². The van der Waals surface area contributed by atoms with E-state index in [0.717, 1.165) is 5.57 Å². The van der Waals surface area contributed by atoms with Gasteiger partial charge in [0, 0.05) is 0 Å². The lowest BCUT2D eigenvalue weighted by molar-refractivity contribution is 1.56. The van der Waals surface area contributed by atoms with E-state index in [1.165, 1.54) is 5.56 Å². The van der Waals surface area contributed by atoms with E-state index < -0.39 is 0 Å². The fourth-order valence-electron chi connectivity index (χ4n) is 0.951. The highest BCUT2D eigenvalue weighted by molar-refractivity contribution is 5.50. The second-order valence-electron chi connectivity index (χ2n) is 2.98. The van der Waals surface area contributed by atoms with Crippen LogP contribution >= 0.6 is 0 Å². The van der Waals surface area contributed by atoms with Gasteiger partial charge in [0.25, 0.3) is 0 Å². The highest BCUT2D eigenvalue weighted by Crippen LogP contribution is 2.01. The quantitative estimate of drug-likeness (QED) is 0.605. The first-order valence-corrected chi connectivity index (χ1v) is 4.34. The van der Waals surface area contributed by atoms with Crippen molar-refractivity contribution >= 4 is 6.08 Å². The van der Waals surface area contributed by atoms with Crippen molar-refractivity contribution in [2.75, 3.05) is 0 Å². The standard InChI is InChI=1S/C13H14/c1-12(2)8-6-7-11-13-9-4-3-5-10-13/h3-11H,1H2,2H3. The second-order valence-corrected chi connectivity index (χ2v) is 2.98. The first-order valence-electron chi connectivity index (χ1n) is 4.34. The van der Waals surface area contributed by atoms with Crippen LogP contribution in [0, 0.1) is 0 Å². The summed E-state index contributed by atoms with van der Waals surface area (Å²) in [4.78, 5) is 0. The van der Waals surface area contributed by atoms with Gasteiger partial charge < -0.3 is 0 Å². The molecule has 0 fully saturated rings. The number of allylic oxidation sites excluding steroid dienone is 4. The van der Waals surface area contributed by atoms with Gasteiger partial charge in [-0.2, -0.15) is 0 Å². The van der Waals surface area contributed by atoms with Gasteiger partial charge in [-0.15, -0.1) is 0 Å². The van der Waals surface area contributed by atoms with Gasteiger partial charge in [-0.05, 0) is 12.5 Å². The van der Waals surface area contributed by atoms with E-state index in [0.29, 0.717) is 0 Å². The molecule has 1 aromatic carbocycles. The molecular formula is C13H14. The van der Waals surface area contributed by atoms with Crippen LogP contribution in [0.5, 0.6) is 0 Å². The Kier molecular flexibility index (Phi) is 3.77. The van der Waals surface area contributed by atoms with Crippen molar-refractivity contribution in [3.63, 3.8) is 0 Å². The molecule has 0 aromatic heterocycles. The van der Waals surface area contributed by atoms with Gasteiger partial charge in [0.15, 0.2) is 0 Å². The number of benzene rings is 1. The summed E-state index contributed by atoms with van der Waals surface area (Å²) in [5.41, 5.74) is 2.28. The summed E-state index contributed by atoms with van der Waals surface area (Å²) in [5, 5.41) is 0. The SMILES string of the molecule is C=C(C)C=CC=Cc1ccccc1. The van der Waals surface area contributed by atoms with Crippen molar-refractivity contribution in [3.05, 3.63) is 66.3 Å². The lowest BCUT2D eigenvalue weighted by Crippen LogP contribution is -1.66. The molecule has 1 rings (SSSR count). The lowest BCUT2D eigenvalue weighted by atomic mass is 10.2. The van der Waals surface area contributed by atoms with Gasteiger partial charge in [-0.1, -0.05) is 66.8 Å². The maximum atomic E-state index is 3.78. The monoisotopic (exact) mass is 170 g/mol. The normalized spacial score (nSPS) is 11.2. The Morgan fingerprint density at radius 2 is 1.85 bits per heavy atom. The van der Waals surface area contributed by atoms with E-state index in [4.69, 9.17) is 0 Å². The largest absolute Gasteiger partial charge is 0.0961 e. The summed E-state index contributed by atoms with van der Waals surface area (Å²) in [7, 11) is 0. The second kappa shape index (κ2) is 5.15. The van der Waals surface area contributed by atoms with Crippen LogP contribution < -0.4 is 0 Å². The molecule has 0 radical (unpaired) electrons. The summed E-state index contributed by atoms with van der Waals surface area (Å²) >= 11 is 0. The van der Waals surface area contributed by atoms with Gasteiger partial charge in [0.1, 0.15) is 0 Å². The molecule has 0 amide bonds. The number of hydrogen-bond acceptors (Lipinski definition) is 0. The summed E-state index contributed by atoms with van der Waals surface area (Å²) < 4.78 is 0. The first-order chi connectivity index (χ1) is 6.29. The average Bonchev–Trinajstić information content (AvgIpc) is 2.14. The van der Waals surface area contributed by atoms with E-state index in [9.17, 15) is 0 Å². The molecule has 0 atom stereocenters. The van der Waals surface area contributed by atoms with Crippen molar-refractivity contribution in [2.45, 2.75) is 6.92 Å². The Morgan fingerprint density at radius 1 is 1.15 bits per heavy atom. The topological polar surface area (TPSA) is 0 Å². The third-order valence-corrected chi connectivity index (χ3v) is 1.58. The summed E-state index contributed by atoms with van der Waals surface area (Å²) in [6.45, 7) is 5.76. The van der Waals surface area contributed by atoms with Crippen LogP contribution in [0.4, 0.5) is 0 Å². The third kappa shape index (κ3) is 4.12. The van der Waals surface area contributed by atoms with Crippen LogP contribution in [0.2, 0.25) is 0 Å². The molecule has 1 aromatic rings. The molecule has 0 saturated carbocycles. The smallest absolute Gasteiger partial charge is 0.0257 e. The highest BCUT2D eigenvalue weighted by Gasteiger charge is 1.79. The molecule has 0 unspecified atom stereocenters. The maximum Gasteiger partial charge on any atom is -0.0257 e. The zero-order valence-electron chi connectivity index (χ0n) is 7.90. The Balaban J connectivity index is 2.55. The Hall–Kier alpha value is -1.56. The van der Waals surface area contributed by atoms with Gasteiger partial charge in [-0.3, -0.25) is 0 Å². The van der Waals surface area contributed by atoms with Gasteiger partial charge in [0.05, 0.1) is 0 Å². The molecule has 0 N–H and O–H groups in total. The van der Waals surface area contributed by atoms with E-state index in [1.807, 2.05) is 43.4 Å². The molecule has 0 heterocycles. The average molecular weight is 170 g/mol. The molecule has 0 aliphatic carbocycles. The van der Waals surface area contributed by atoms with E-state index in [2.05, 4.69) is 24.8 Å². The zero-order valence-corrected chi connectivity index (χ0v) is 7.90. The number of rotatable bonds is 3. The van der Waals surface area contributed by atoms with Crippen molar-refractivity contribution in [3.8, 4) is 0 Å². The van der Waals surface area contributed by atoms with Crippen LogP contribution in [-0.4, -0.2) is 0 Å². The number of hydrogen-bond donors (Lipinski definition) is 0. The zero-order chi connectivity index (χ0) is 9.52. The van der Waals surface area contributed by atoms with Crippen LogP contribution in [0.25, 0.3) is 6.08 Å². The van der Waals surface area contributed by atoms with E-state index in [1.54, 1.807) is 0 Å². The van der Waals surface area contributed by atoms with Crippen molar-refractivity contribution < 1.29 is 0 Å². The third-order valence-electron chi connectivity index (χ3n) is 1.58. The van der Waals surface area contributed by atoms with Gasteiger partial charge >= 0.3 is 0 Å². The Labute approximate surface area is 79.9 Å². The molecule has 13 heavy (non-hydrogen) atoms. The fraction of sp³-hybridized carbons (Fsp3) is 0.0769. The summed E-state index contributed by atoms with van der Waals surface area (Å²) in [6.07, 6.45) is 8.07. The van der Waals surface area contributed by atoms with Crippen LogP contribution in [0.1, 0.15) is 12.5 Å². The Bertz CT molecular complexity index is 315. The van der Waals surface area contributed by atoms with Gasteiger partial charge in [-0.25, -0.2) is 0 Å². The van der Waals surface area contributed by atoms with Crippen LogP contribution in [0.3, 0.4) is 0 Å². The molecular weight excluding hydrogens is 156 g/mol. The molecule has 0 aliphatic rings. The van der Waals surface area contributed by atoms with Crippen molar-refractivity contribution in [1.29, 1.82) is 0 Å². The molecule has 0 nitrogen and oxygen atoms in total. The summed E-state index contributed by atoms with van der Waals surface area (Å²) in [6, 6.07) is 10.2. The maximum absolute atomic E-state index is 3.78. The van der Waals surface area contributed by atoms with Crippen LogP contribution in [0.15, 0.2) is 60.7 Å². The molecule has 66 valence electrons.